The van der Waals surface area contributed by atoms with Crippen LogP contribution in [0.4, 0.5) is 0 Å². The summed E-state index contributed by atoms with van der Waals surface area (Å²) < 4.78 is 4.81. The Morgan fingerprint density at radius 1 is 1.75 bits per heavy atom. The van der Waals surface area contributed by atoms with Crippen LogP contribution in [0.3, 0.4) is 0 Å². The minimum Gasteiger partial charge on any atom is -0.468 e. The standard InChI is InChI=1S/C11H16N2O2S/c1-8-7-16-10(12-8)6-13-5-3-4-9(13)11(14)15-2/h7,9H,3-6H2,1-2H3. The molecular weight excluding hydrogens is 224 g/mol. The van der Waals surface area contributed by atoms with Gasteiger partial charge in [-0.1, -0.05) is 0 Å². The van der Waals surface area contributed by atoms with E-state index in [1.54, 1.807) is 11.3 Å². The Hall–Kier alpha value is -0.940. The second-order valence-electron chi connectivity index (χ2n) is 4.03. The minimum absolute atomic E-state index is 0.0748. The first-order valence-electron chi connectivity index (χ1n) is 5.43. The van der Waals surface area contributed by atoms with E-state index < -0.39 is 0 Å². The molecule has 1 saturated heterocycles. The summed E-state index contributed by atoms with van der Waals surface area (Å²) in [5.41, 5.74) is 1.05. The van der Waals surface area contributed by atoms with Gasteiger partial charge < -0.3 is 4.74 Å². The zero-order chi connectivity index (χ0) is 11.5. The van der Waals surface area contributed by atoms with E-state index in [0.717, 1.165) is 36.6 Å². The van der Waals surface area contributed by atoms with Crippen molar-refractivity contribution in [1.82, 2.24) is 9.88 Å². The van der Waals surface area contributed by atoms with Crippen LogP contribution < -0.4 is 0 Å². The summed E-state index contributed by atoms with van der Waals surface area (Å²) in [6.45, 7) is 3.71. The number of carbonyl (C=O) groups is 1. The van der Waals surface area contributed by atoms with Crippen molar-refractivity contribution < 1.29 is 9.53 Å². The molecule has 0 aliphatic carbocycles. The van der Waals surface area contributed by atoms with Crippen molar-refractivity contribution in [3.63, 3.8) is 0 Å². The second kappa shape index (κ2) is 4.93. The number of aryl methyl sites for hydroxylation is 1. The molecule has 1 aliphatic heterocycles. The van der Waals surface area contributed by atoms with Crippen molar-refractivity contribution in [1.29, 1.82) is 0 Å². The van der Waals surface area contributed by atoms with E-state index in [1.165, 1.54) is 7.11 Å². The molecule has 5 heteroatoms. The SMILES string of the molecule is COC(=O)C1CCCN1Cc1nc(C)cs1. The number of ether oxygens (including phenoxy) is 1. The van der Waals surface area contributed by atoms with Gasteiger partial charge in [0.25, 0.3) is 0 Å². The zero-order valence-electron chi connectivity index (χ0n) is 9.60. The van der Waals surface area contributed by atoms with Gasteiger partial charge in [0.15, 0.2) is 0 Å². The van der Waals surface area contributed by atoms with Crippen LogP contribution in [0.1, 0.15) is 23.5 Å². The molecule has 1 fully saturated rings. The maximum atomic E-state index is 11.5. The number of rotatable bonds is 3. The highest BCUT2D eigenvalue weighted by Crippen LogP contribution is 2.22. The summed E-state index contributed by atoms with van der Waals surface area (Å²) in [6, 6.07) is -0.0748. The van der Waals surface area contributed by atoms with E-state index >= 15 is 0 Å². The molecule has 0 saturated carbocycles. The topological polar surface area (TPSA) is 42.4 Å². The predicted octanol–water partition coefficient (Wildman–Crippen LogP) is 1.59. The second-order valence-corrected chi connectivity index (χ2v) is 4.98. The fourth-order valence-electron chi connectivity index (χ4n) is 2.07. The third-order valence-electron chi connectivity index (χ3n) is 2.84. The monoisotopic (exact) mass is 240 g/mol. The van der Waals surface area contributed by atoms with E-state index in [4.69, 9.17) is 4.74 Å². The molecule has 4 nitrogen and oxygen atoms in total. The quantitative estimate of drug-likeness (QED) is 0.752. The molecule has 0 spiro atoms. The number of hydrogen-bond acceptors (Lipinski definition) is 5. The molecular formula is C11H16N2O2S. The number of methoxy groups -OCH3 is 1. The van der Waals surface area contributed by atoms with Gasteiger partial charge in [-0.2, -0.15) is 0 Å². The molecule has 1 unspecified atom stereocenters. The van der Waals surface area contributed by atoms with Gasteiger partial charge in [0.1, 0.15) is 11.0 Å². The number of carbonyl (C=O) groups excluding carboxylic acids is 1. The third-order valence-corrected chi connectivity index (χ3v) is 3.79. The number of likely N-dealkylation sites (tertiary alicyclic amines) is 1. The highest BCUT2D eigenvalue weighted by molar-refractivity contribution is 7.09. The summed E-state index contributed by atoms with van der Waals surface area (Å²) >= 11 is 1.65. The highest BCUT2D eigenvalue weighted by atomic mass is 32.1. The van der Waals surface area contributed by atoms with Crippen LogP contribution >= 0.6 is 11.3 Å². The molecule has 1 aromatic heterocycles. The average molecular weight is 240 g/mol. The predicted molar refractivity (Wildman–Crippen MR) is 62.3 cm³/mol. The van der Waals surface area contributed by atoms with Crippen LogP contribution in [0.2, 0.25) is 0 Å². The molecule has 1 aliphatic rings. The van der Waals surface area contributed by atoms with Crippen LogP contribution in [-0.2, 0) is 16.1 Å². The minimum atomic E-state index is -0.120. The average Bonchev–Trinajstić information content (AvgIpc) is 2.87. The Morgan fingerprint density at radius 3 is 3.19 bits per heavy atom. The van der Waals surface area contributed by atoms with E-state index in [9.17, 15) is 4.79 Å². The Kier molecular flexibility index (Phi) is 3.56. The molecule has 0 aromatic carbocycles. The van der Waals surface area contributed by atoms with E-state index in [1.807, 2.05) is 12.3 Å². The highest BCUT2D eigenvalue weighted by Gasteiger charge is 2.31. The van der Waals surface area contributed by atoms with Crippen LogP contribution in [0, 0.1) is 6.92 Å². The van der Waals surface area contributed by atoms with Crippen molar-refractivity contribution in [2.75, 3.05) is 13.7 Å². The summed E-state index contributed by atoms with van der Waals surface area (Å²) in [5, 5.41) is 3.12. The molecule has 2 rings (SSSR count). The van der Waals surface area contributed by atoms with Crippen LogP contribution in [-0.4, -0.2) is 35.5 Å². The van der Waals surface area contributed by atoms with Crippen molar-refractivity contribution in [3.8, 4) is 0 Å². The lowest BCUT2D eigenvalue weighted by atomic mass is 10.2. The van der Waals surface area contributed by atoms with Gasteiger partial charge in [0.2, 0.25) is 0 Å². The summed E-state index contributed by atoms with van der Waals surface area (Å²) in [6.07, 6.45) is 1.96. The molecule has 1 atom stereocenters. The fourth-order valence-corrected chi connectivity index (χ4v) is 2.86. The lowest BCUT2D eigenvalue weighted by Gasteiger charge is -2.20. The molecule has 0 bridgehead atoms. The molecule has 0 amide bonds. The number of nitrogens with zero attached hydrogens (tertiary/aromatic N) is 2. The molecule has 0 N–H and O–H groups in total. The lowest BCUT2D eigenvalue weighted by molar-refractivity contribution is -0.146. The van der Waals surface area contributed by atoms with Gasteiger partial charge >= 0.3 is 5.97 Å². The Labute approximate surface area is 99.2 Å². The Balaban J connectivity index is 2.01. The third kappa shape index (κ3) is 2.41. The largest absolute Gasteiger partial charge is 0.468 e. The number of hydrogen-bond donors (Lipinski definition) is 0. The molecule has 0 radical (unpaired) electrons. The number of aromatic nitrogens is 1. The smallest absolute Gasteiger partial charge is 0.323 e. The molecule has 88 valence electrons. The first-order valence-corrected chi connectivity index (χ1v) is 6.31. The van der Waals surface area contributed by atoms with Gasteiger partial charge in [-0.25, -0.2) is 4.98 Å². The number of thiazole rings is 1. The van der Waals surface area contributed by atoms with Crippen LogP contribution in [0.5, 0.6) is 0 Å². The summed E-state index contributed by atoms with van der Waals surface area (Å²) in [7, 11) is 1.45. The summed E-state index contributed by atoms with van der Waals surface area (Å²) in [5.74, 6) is -0.120. The number of esters is 1. The van der Waals surface area contributed by atoms with Gasteiger partial charge in [-0.3, -0.25) is 9.69 Å². The maximum absolute atomic E-state index is 11.5. The van der Waals surface area contributed by atoms with Crippen LogP contribution in [0.15, 0.2) is 5.38 Å². The van der Waals surface area contributed by atoms with Crippen molar-refractivity contribution in [3.05, 3.63) is 16.1 Å². The first-order chi connectivity index (χ1) is 7.70. The van der Waals surface area contributed by atoms with E-state index in [2.05, 4.69) is 9.88 Å². The van der Waals surface area contributed by atoms with Crippen molar-refractivity contribution >= 4 is 17.3 Å². The van der Waals surface area contributed by atoms with Crippen LogP contribution in [0.25, 0.3) is 0 Å². The van der Waals surface area contributed by atoms with Crippen molar-refractivity contribution in [2.24, 2.45) is 0 Å². The van der Waals surface area contributed by atoms with E-state index in [0.29, 0.717) is 0 Å². The molecule has 2 heterocycles. The first kappa shape index (κ1) is 11.5. The van der Waals surface area contributed by atoms with Gasteiger partial charge in [-0.15, -0.1) is 11.3 Å². The normalized spacial score (nSPS) is 21.2. The van der Waals surface area contributed by atoms with Gasteiger partial charge in [0.05, 0.1) is 13.7 Å². The Morgan fingerprint density at radius 2 is 2.56 bits per heavy atom. The zero-order valence-corrected chi connectivity index (χ0v) is 10.4. The van der Waals surface area contributed by atoms with Gasteiger partial charge in [-0.05, 0) is 26.3 Å². The molecule has 1 aromatic rings. The molecule has 16 heavy (non-hydrogen) atoms. The van der Waals surface area contributed by atoms with E-state index in [-0.39, 0.29) is 12.0 Å². The lowest BCUT2D eigenvalue weighted by Crippen LogP contribution is -2.36. The van der Waals surface area contributed by atoms with Gasteiger partial charge in [0, 0.05) is 11.1 Å². The summed E-state index contributed by atoms with van der Waals surface area (Å²) in [4.78, 5) is 18.1. The maximum Gasteiger partial charge on any atom is 0.323 e. The van der Waals surface area contributed by atoms with Crippen molar-refractivity contribution in [2.45, 2.75) is 32.4 Å². The Bertz CT molecular complexity index is 378. The fraction of sp³-hybridized carbons (Fsp3) is 0.636.